The van der Waals surface area contributed by atoms with Gasteiger partial charge in [0.1, 0.15) is 0 Å². The van der Waals surface area contributed by atoms with E-state index in [1.807, 2.05) is 18.2 Å². The Morgan fingerprint density at radius 1 is 1.23 bits per heavy atom. The smallest absolute Gasteiger partial charge is 0.251 e. The lowest BCUT2D eigenvalue weighted by Crippen LogP contribution is -2.29. The number of hydrogen-bond acceptors (Lipinski definition) is 3. The normalized spacial score (nSPS) is 16.2. The topological polar surface area (TPSA) is 66.5 Å². The highest BCUT2D eigenvalue weighted by atomic mass is 35.5. The average Bonchev–Trinajstić information content (AvgIpc) is 3.03. The maximum Gasteiger partial charge on any atom is 0.251 e. The van der Waals surface area contributed by atoms with Crippen molar-refractivity contribution in [2.24, 2.45) is 0 Å². The van der Waals surface area contributed by atoms with Crippen molar-refractivity contribution in [2.75, 3.05) is 17.1 Å². The zero-order chi connectivity index (χ0) is 18.9. The second-order valence-corrected chi connectivity index (χ2v) is 9.05. The highest BCUT2D eigenvalue weighted by Crippen LogP contribution is 2.33. The number of nitrogens with one attached hydrogen (secondary N) is 1. The van der Waals surface area contributed by atoms with Crippen LogP contribution < -0.4 is 9.62 Å². The highest BCUT2D eigenvalue weighted by molar-refractivity contribution is 7.92. The average molecular weight is 393 g/mol. The molecule has 2 aromatic carbocycles. The molecule has 0 heterocycles. The van der Waals surface area contributed by atoms with E-state index in [-0.39, 0.29) is 17.7 Å². The molecule has 0 saturated carbocycles. The lowest BCUT2D eigenvalue weighted by atomic mass is 10.1. The van der Waals surface area contributed by atoms with Gasteiger partial charge >= 0.3 is 0 Å². The van der Waals surface area contributed by atoms with E-state index in [2.05, 4.69) is 5.32 Å². The van der Waals surface area contributed by atoms with Crippen LogP contribution in [0.2, 0.25) is 5.02 Å². The Morgan fingerprint density at radius 3 is 2.58 bits per heavy atom. The fraction of sp³-hybridized carbons (Fsp3) is 0.316. The molecule has 1 aliphatic rings. The van der Waals surface area contributed by atoms with E-state index in [4.69, 9.17) is 11.6 Å². The summed E-state index contributed by atoms with van der Waals surface area (Å²) >= 11 is 6.02. The fourth-order valence-corrected chi connectivity index (χ4v) is 4.18. The molecule has 1 atom stereocenters. The summed E-state index contributed by atoms with van der Waals surface area (Å²) in [5.41, 5.74) is 3.31. The zero-order valence-electron chi connectivity index (χ0n) is 14.7. The third-order valence-electron chi connectivity index (χ3n) is 4.76. The van der Waals surface area contributed by atoms with Gasteiger partial charge in [0.2, 0.25) is 10.0 Å². The van der Waals surface area contributed by atoms with Crippen molar-refractivity contribution < 1.29 is 13.2 Å². The van der Waals surface area contributed by atoms with Gasteiger partial charge in [-0.05, 0) is 67.3 Å². The molecular formula is C19H21ClN2O3S. The maximum atomic E-state index is 12.5. The number of aryl methyl sites for hydroxylation is 1. The molecule has 1 aliphatic carbocycles. The van der Waals surface area contributed by atoms with Crippen molar-refractivity contribution in [1.82, 2.24) is 5.32 Å². The third kappa shape index (κ3) is 3.71. The Labute approximate surface area is 159 Å². The van der Waals surface area contributed by atoms with Crippen LogP contribution in [0.4, 0.5) is 5.69 Å². The summed E-state index contributed by atoms with van der Waals surface area (Å²) in [7, 11) is -1.81. The number of anilines is 1. The molecule has 0 aromatic heterocycles. The Kier molecular flexibility index (Phi) is 5.25. The van der Waals surface area contributed by atoms with Crippen molar-refractivity contribution >= 4 is 33.2 Å². The van der Waals surface area contributed by atoms with Crippen LogP contribution in [0.1, 0.15) is 40.9 Å². The van der Waals surface area contributed by atoms with E-state index in [1.54, 1.807) is 31.2 Å². The number of carbonyl (C=O) groups is 1. The maximum absolute atomic E-state index is 12.5. The molecular weight excluding hydrogens is 372 g/mol. The molecule has 1 N–H and O–H groups in total. The Hall–Kier alpha value is -2.05. The zero-order valence-corrected chi connectivity index (χ0v) is 16.3. The van der Waals surface area contributed by atoms with Crippen LogP contribution in [0.15, 0.2) is 42.5 Å². The molecule has 0 spiro atoms. The van der Waals surface area contributed by atoms with Crippen LogP contribution in [-0.2, 0) is 16.4 Å². The van der Waals surface area contributed by atoms with Crippen molar-refractivity contribution in [3.8, 4) is 0 Å². The summed E-state index contributed by atoms with van der Waals surface area (Å²) < 4.78 is 25.1. The molecule has 7 heteroatoms. The van der Waals surface area contributed by atoms with Gasteiger partial charge in [0.25, 0.3) is 5.91 Å². The third-order valence-corrected chi connectivity index (χ3v) is 6.77. The fourth-order valence-electron chi connectivity index (χ4n) is 3.15. The molecule has 0 unspecified atom stereocenters. The largest absolute Gasteiger partial charge is 0.345 e. The molecule has 0 fully saturated rings. The van der Waals surface area contributed by atoms with Gasteiger partial charge in [-0.15, -0.1) is 0 Å². The first kappa shape index (κ1) is 18.7. The number of hydrogen-bond donors (Lipinski definition) is 1. The molecule has 138 valence electrons. The van der Waals surface area contributed by atoms with Crippen LogP contribution in [0.25, 0.3) is 0 Å². The van der Waals surface area contributed by atoms with Crippen LogP contribution in [-0.4, -0.2) is 27.1 Å². The minimum Gasteiger partial charge on any atom is -0.345 e. The summed E-state index contributed by atoms with van der Waals surface area (Å²) in [4.78, 5) is 12.5. The molecule has 1 amide bonds. The number of sulfonamides is 1. The monoisotopic (exact) mass is 392 g/mol. The van der Waals surface area contributed by atoms with Crippen LogP contribution in [0.5, 0.6) is 0 Å². The Bertz CT molecular complexity index is 926. The molecule has 5 nitrogen and oxygen atoms in total. The van der Waals surface area contributed by atoms with E-state index in [0.29, 0.717) is 16.3 Å². The lowest BCUT2D eigenvalue weighted by molar-refractivity contribution is 0.0936. The van der Waals surface area contributed by atoms with Gasteiger partial charge < -0.3 is 5.32 Å². The number of rotatable bonds is 5. The van der Waals surface area contributed by atoms with E-state index in [1.165, 1.54) is 16.9 Å². The van der Waals surface area contributed by atoms with Gasteiger partial charge in [0, 0.05) is 17.6 Å². The van der Waals surface area contributed by atoms with Gasteiger partial charge in [-0.1, -0.05) is 17.7 Å². The second-order valence-electron chi connectivity index (χ2n) is 6.32. The molecule has 0 saturated heterocycles. The first-order valence-corrected chi connectivity index (χ1v) is 10.5. The van der Waals surface area contributed by atoms with Gasteiger partial charge in [-0.2, -0.15) is 0 Å². The van der Waals surface area contributed by atoms with Crippen molar-refractivity contribution in [3.05, 3.63) is 64.2 Å². The molecule has 2 aromatic rings. The van der Waals surface area contributed by atoms with Crippen LogP contribution >= 0.6 is 11.6 Å². The number of amides is 1. The van der Waals surface area contributed by atoms with Gasteiger partial charge in [-0.3, -0.25) is 9.10 Å². The summed E-state index contributed by atoms with van der Waals surface area (Å²) in [6.07, 6.45) is 1.73. The lowest BCUT2D eigenvalue weighted by Gasteiger charge is -2.19. The summed E-state index contributed by atoms with van der Waals surface area (Å²) in [6, 6.07) is 12.3. The number of nitrogens with zero attached hydrogens (tertiary/aromatic N) is 1. The summed E-state index contributed by atoms with van der Waals surface area (Å²) in [5.74, 6) is -0.151. The quantitative estimate of drug-likeness (QED) is 0.846. The predicted octanol–water partition coefficient (Wildman–Crippen LogP) is 3.54. The first-order chi connectivity index (χ1) is 12.3. The predicted molar refractivity (Wildman–Crippen MR) is 104 cm³/mol. The molecule has 26 heavy (non-hydrogen) atoms. The molecule has 0 bridgehead atoms. The number of carbonyl (C=O) groups excluding carboxylic acids is 1. The number of halogens is 1. The Morgan fingerprint density at radius 2 is 1.92 bits per heavy atom. The van der Waals surface area contributed by atoms with Crippen molar-refractivity contribution in [2.45, 2.75) is 25.8 Å². The van der Waals surface area contributed by atoms with Crippen LogP contribution in [0, 0.1) is 0 Å². The molecule has 0 radical (unpaired) electrons. The Balaban J connectivity index is 1.72. The molecule has 0 aliphatic heterocycles. The van der Waals surface area contributed by atoms with Gasteiger partial charge in [-0.25, -0.2) is 8.42 Å². The van der Waals surface area contributed by atoms with Crippen molar-refractivity contribution in [3.63, 3.8) is 0 Å². The number of benzene rings is 2. The van der Waals surface area contributed by atoms with Crippen molar-refractivity contribution in [1.29, 1.82) is 0 Å². The van der Waals surface area contributed by atoms with E-state index in [9.17, 15) is 13.2 Å². The van der Waals surface area contributed by atoms with Gasteiger partial charge in [0.15, 0.2) is 0 Å². The SMILES string of the molecule is CCS(=O)(=O)N(C)c1ccc(C(=O)N[C@@H]2CCc3cc(Cl)ccc32)cc1. The van der Waals surface area contributed by atoms with E-state index >= 15 is 0 Å². The first-order valence-electron chi connectivity index (χ1n) is 8.47. The van der Waals surface area contributed by atoms with Crippen LogP contribution in [0.3, 0.4) is 0 Å². The second kappa shape index (κ2) is 7.29. The van der Waals surface area contributed by atoms with E-state index in [0.717, 1.165) is 18.4 Å². The van der Waals surface area contributed by atoms with Gasteiger partial charge in [0.05, 0.1) is 17.5 Å². The summed E-state index contributed by atoms with van der Waals surface area (Å²) in [6.45, 7) is 1.60. The molecule has 3 rings (SSSR count). The summed E-state index contributed by atoms with van der Waals surface area (Å²) in [5, 5.41) is 3.75. The van der Waals surface area contributed by atoms with E-state index < -0.39 is 10.0 Å². The standard InChI is InChI=1S/C19H21ClN2O3S/c1-3-26(24,25)22(2)16-8-4-13(5-9-16)19(23)21-18-11-6-14-12-15(20)7-10-17(14)18/h4-5,7-10,12,18H,3,6,11H2,1-2H3,(H,21,23)/t18-/m1/s1. The minimum atomic E-state index is -3.32. The highest BCUT2D eigenvalue weighted by Gasteiger charge is 2.24. The minimum absolute atomic E-state index is 0.0246. The number of fused-ring (bicyclic) bond motifs is 1.